The van der Waals surface area contributed by atoms with Gasteiger partial charge in [-0.3, -0.25) is 24.5 Å². The number of rotatable bonds is 15. The lowest BCUT2D eigenvalue weighted by Crippen LogP contribution is -2.18. The first-order chi connectivity index (χ1) is 21.3. The molecule has 12 nitrogen and oxygen atoms in total. The summed E-state index contributed by atoms with van der Waals surface area (Å²) in [7, 11) is 0. The largest absolute Gasteiger partial charge is 0.491 e. The van der Waals surface area contributed by atoms with Crippen LogP contribution in [0.2, 0.25) is 0 Å². The standard InChI is InChI=1S/C33H40N4O8/c1-7-21(6)45-29-14-22(31(34)38)8-11-26(29)36-32(39)23-9-12-25(28(15-23)43-17-19(2)3)35-33(40)24-10-13-27(37(41)42)30(16-24)44-18-20(4)5/h8-16,19-21H,7,17-18H2,1-6H3,(H2,34,38)(H,35,40)(H,36,39). The maximum atomic E-state index is 13.3. The zero-order chi connectivity index (χ0) is 33.3. The van der Waals surface area contributed by atoms with E-state index in [4.69, 9.17) is 19.9 Å². The summed E-state index contributed by atoms with van der Waals surface area (Å²) in [6.45, 7) is 12.1. The number of nitrogens with two attached hydrogens (primary N) is 1. The first-order valence-electron chi connectivity index (χ1n) is 14.7. The molecule has 0 fully saturated rings. The molecule has 0 heterocycles. The van der Waals surface area contributed by atoms with Crippen molar-refractivity contribution in [2.75, 3.05) is 23.8 Å². The number of amides is 3. The Morgan fingerprint density at radius 1 is 0.756 bits per heavy atom. The molecule has 1 unspecified atom stereocenters. The molecule has 12 heteroatoms. The predicted molar refractivity (Wildman–Crippen MR) is 171 cm³/mol. The van der Waals surface area contributed by atoms with Crippen LogP contribution in [0.3, 0.4) is 0 Å². The lowest BCUT2D eigenvalue weighted by molar-refractivity contribution is -0.385. The molecule has 0 radical (unpaired) electrons. The molecule has 0 saturated heterocycles. The second-order valence-electron chi connectivity index (χ2n) is 11.4. The van der Waals surface area contributed by atoms with Crippen molar-refractivity contribution in [1.82, 2.24) is 0 Å². The zero-order valence-corrected chi connectivity index (χ0v) is 26.3. The fourth-order valence-electron chi connectivity index (χ4n) is 3.89. The van der Waals surface area contributed by atoms with Crippen LogP contribution in [0.25, 0.3) is 0 Å². The van der Waals surface area contributed by atoms with Crippen molar-refractivity contribution in [1.29, 1.82) is 0 Å². The fourth-order valence-corrected chi connectivity index (χ4v) is 3.89. The summed E-state index contributed by atoms with van der Waals surface area (Å²) in [4.78, 5) is 49.2. The number of nitrogens with zero attached hydrogens (tertiary/aromatic N) is 1. The highest BCUT2D eigenvalue weighted by atomic mass is 16.6. The quantitative estimate of drug-likeness (QED) is 0.128. The number of anilines is 2. The van der Waals surface area contributed by atoms with Gasteiger partial charge < -0.3 is 30.6 Å². The van der Waals surface area contributed by atoms with Gasteiger partial charge in [0, 0.05) is 28.8 Å². The summed E-state index contributed by atoms with van der Waals surface area (Å²) >= 11 is 0. The maximum absolute atomic E-state index is 13.3. The van der Waals surface area contributed by atoms with E-state index in [2.05, 4.69) is 10.6 Å². The van der Waals surface area contributed by atoms with E-state index >= 15 is 0 Å². The number of primary amides is 1. The van der Waals surface area contributed by atoms with Crippen molar-refractivity contribution in [3.05, 3.63) is 81.4 Å². The lowest BCUT2D eigenvalue weighted by atomic mass is 10.1. The van der Waals surface area contributed by atoms with E-state index < -0.39 is 22.6 Å². The zero-order valence-electron chi connectivity index (χ0n) is 26.3. The molecule has 0 spiro atoms. The minimum absolute atomic E-state index is 0.00908. The van der Waals surface area contributed by atoms with Crippen LogP contribution in [0.15, 0.2) is 54.6 Å². The van der Waals surface area contributed by atoms with Gasteiger partial charge in [0.15, 0.2) is 5.75 Å². The van der Waals surface area contributed by atoms with Gasteiger partial charge in [-0.15, -0.1) is 0 Å². The Bertz CT molecular complexity index is 1550. The minimum Gasteiger partial charge on any atom is -0.491 e. The van der Waals surface area contributed by atoms with E-state index in [0.29, 0.717) is 30.2 Å². The van der Waals surface area contributed by atoms with E-state index in [9.17, 15) is 24.5 Å². The molecular weight excluding hydrogens is 580 g/mol. The molecule has 4 N–H and O–H groups in total. The molecule has 45 heavy (non-hydrogen) atoms. The van der Waals surface area contributed by atoms with Crippen molar-refractivity contribution < 1.29 is 33.5 Å². The molecular formula is C33H40N4O8. The van der Waals surface area contributed by atoms with Gasteiger partial charge >= 0.3 is 5.69 Å². The summed E-state index contributed by atoms with van der Waals surface area (Å²) in [5.41, 5.74) is 6.45. The number of hydrogen-bond donors (Lipinski definition) is 3. The SMILES string of the molecule is CCC(C)Oc1cc(C(N)=O)ccc1NC(=O)c1ccc(NC(=O)c2ccc([N+](=O)[O-])c(OCC(C)C)c2)c(OCC(C)C)c1. The minimum atomic E-state index is -0.625. The highest BCUT2D eigenvalue weighted by molar-refractivity contribution is 6.08. The van der Waals surface area contributed by atoms with Gasteiger partial charge in [0.2, 0.25) is 5.91 Å². The summed E-state index contributed by atoms with van der Waals surface area (Å²) in [6, 6.07) is 13.0. The molecule has 0 aliphatic rings. The third-order valence-electron chi connectivity index (χ3n) is 6.47. The van der Waals surface area contributed by atoms with Crippen LogP contribution in [0.5, 0.6) is 17.2 Å². The van der Waals surface area contributed by atoms with Crippen molar-refractivity contribution in [3.8, 4) is 17.2 Å². The number of benzene rings is 3. The van der Waals surface area contributed by atoms with Crippen molar-refractivity contribution in [2.24, 2.45) is 17.6 Å². The molecule has 3 aromatic carbocycles. The van der Waals surface area contributed by atoms with Gasteiger partial charge in [-0.25, -0.2) is 0 Å². The molecule has 0 saturated carbocycles. The molecule has 240 valence electrons. The monoisotopic (exact) mass is 620 g/mol. The third-order valence-corrected chi connectivity index (χ3v) is 6.47. The Labute approximate surface area is 262 Å². The molecule has 0 aromatic heterocycles. The van der Waals surface area contributed by atoms with Gasteiger partial charge in [0.25, 0.3) is 11.8 Å². The summed E-state index contributed by atoms with van der Waals surface area (Å²) in [5, 5.41) is 17.1. The molecule has 3 rings (SSSR count). The van der Waals surface area contributed by atoms with Crippen LogP contribution in [0, 0.1) is 22.0 Å². The van der Waals surface area contributed by atoms with E-state index in [1.54, 1.807) is 6.07 Å². The molecule has 3 aromatic rings. The summed E-state index contributed by atoms with van der Waals surface area (Å²) in [6.07, 6.45) is 0.515. The van der Waals surface area contributed by atoms with E-state index in [0.717, 1.165) is 0 Å². The number of carbonyl (C=O) groups is 3. The van der Waals surface area contributed by atoms with Crippen LogP contribution in [0.4, 0.5) is 17.1 Å². The second kappa shape index (κ2) is 15.6. The Morgan fingerprint density at radius 2 is 1.22 bits per heavy atom. The van der Waals surface area contributed by atoms with Crippen molar-refractivity contribution in [2.45, 2.75) is 54.1 Å². The predicted octanol–water partition coefficient (Wildman–Crippen LogP) is 6.45. The molecule has 0 aliphatic carbocycles. The Kier molecular flexibility index (Phi) is 11.9. The second-order valence-corrected chi connectivity index (χ2v) is 11.4. The van der Waals surface area contributed by atoms with E-state index in [-0.39, 0.29) is 58.4 Å². The van der Waals surface area contributed by atoms with Gasteiger partial charge in [-0.05, 0) is 67.6 Å². The van der Waals surface area contributed by atoms with Gasteiger partial charge in [0.1, 0.15) is 11.5 Å². The number of hydrogen-bond acceptors (Lipinski definition) is 8. The lowest BCUT2D eigenvalue weighted by Gasteiger charge is -2.18. The fraction of sp³-hybridized carbons (Fsp3) is 0.364. The van der Waals surface area contributed by atoms with E-state index in [1.165, 1.54) is 48.5 Å². The normalized spacial score (nSPS) is 11.6. The summed E-state index contributed by atoms with van der Waals surface area (Å²) < 4.78 is 17.5. The Balaban J connectivity index is 1.90. The van der Waals surface area contributed by atoms with Gasteiger partial charge in [-0.2, -0.15) is 0 Å². The first kappa shape index (κ1) is 34.4. The van der Waals surface area contributed by atoms with Crippen LogP contribution in [0.1, 0.15) is 79.0 Å². The first-order valence-corrected chi connectivity index (χ1v) is 14.7. The van der Waals surface area contributed by atoms with Gasteiger partial charge in [-0.1, -0.05) is 34.6 Å². The number of carbonyl (C=O) groups excluding carboxylic acids is 3. The smallest absolute Gasteiger partial charge is 0.310 e. The van der Waals surface area contributed by atoms with E-state index in [1.807, 2.05) is 41.5 Å². The molecule has 0 bridgehead atoms. The number of ether oxygens (including phenoxy) is 3. The van der Waals surface area contributed by atoms with Crippen molar-refractivity contribution in [3.63, 3.8) is 0 Å². The number of nitro benzene ring substituents is 1. The van der Waals surface area contributed by atoms with Crippen LogP contribution < -0.4 is 30.6 Å². The Hall–Kier alpha value is -5.13. The Morgan fingerprint density at radius 3 is 1.73 bits per heavy atom. The number of nitro groups is 1. The average molecular weight is 621 g/mol. The van der Waals surface area contributed by atoms with Crippen LogP contribution in [-0.4, -0.2) is 42.0 Å². The third kappa shape index (κ3) is 9.68. The topological polar surface area (TPSA) is 172 Å². The number of nitrogens with one attached hydrogen (secondary N) is 2. The van der Waals surface area contributed by atoms with Crippen LogP contribution in [-0.2, 0) is 0 Å². The van der Waals surface area contributed by atoms with Crippen molar-refractivity contribution >= 4 is 34.8 Å². The highest BCUT2D eigenvalue weighted by Gasteiger charge is 2.21. The molecule has 1 atom stereocenters. The molecule has 0 aliphatic heterocycles. The average Bonchev–Trinajstić information content (AvgIpc) is 2.99. The van der Waals surface area contributed by atoms with Gasteiger partial charge in [0.05, 0.1) is 35.6 Å². The summed E-state index contributed by atoms with van der Waals surface area (Å²) in [5.74, 6) is -0.850. The maximum Gasteiger partial charge on any atom is 0.310 e. The highest BCUT2D eigenvalue weighted by Crippen LogP contribution is 2.32. The van der Waals surface area contributed by atoms with Crippen LogP contribution >= 0.6 is 0 Å². The molecule has 3 amide bonds.